The minimum absolute atomic E-state index is 0.212. The zero-order valence-corrected chi connectivity index (χ0v) is 12.4. The molecule has 0 aliphatic carbocycles. The summed E-state index contributed by atoms with van der Waals surface area (Å²) < 4.78 is 0. The highest BCUT2D eigenvalue weighted by Crippen LogP contribution is 2.23. The number of benzene rings is 2. The van der Waals surface area contributed by atoms with Crippen molar-refractivity contribution in [2.45, 2.75) is 32.3 Å². The molecule has 3 rings (SSSR count). The van der Waals surface area contributed by atoms with E-state index >= 15 is 0 Å². The van der Waals surface area contributed by atoms with Crippen LogP contribution < -0.4 is 0 Å². The predicted molar refractivity (Wildman–Crippen MR) is 86.4 cm³/mol. The van der Waals surface area contributed by atoms with Gasteiger partial charge in [-0.2, -0.15) is 0 Å². The Balaban J connectivity index is 1.53. The summed E-state index contributed by atoms with van der Waals surface area (Å²) in [6.07, 6.45) is 3.10. The van der Waals surface area contributed by atoms with Crippen molar-refractivity contribution >= 4 is 5.71 Å². The molecule has 0 aromatic heterocycles. The van der Waals surface area contributed by atoms with Crippen molar-refractivity contribution in [2.75, 3.05) is 0 Å². The van der Waals surface area contributed by atoms with E-state index in [0.29, 0.717) is 5.92 Å². The molecule has 0 amide bonds. The smallest absolute Gasteiger partial charge is 0.135 e. The van der Waals surface area contributed by atoms with Crippen LogP contribution in [0.5, 0.6) is 0 Å². The van der Waals surface area contributed by atoms with Gasteiger partial charge in [0.1, 0.15) is 6.10 Å². The largest absolute Gasteiger partial charge is 0.392 e. The van der Waals surface area contributed by atoms with Gasteiger partial charge in [-0.25, -0.2) is 0 Å². The second kappa shape index (κ2) is 6.57. The van der Waals surface area contributed by atoms with Crippen LogP contribution in [0.2, 0.25) is 0 Å². The molecule has 2 heteroatoms. The van der Waals surface area contributed by atoms with Crippen molar-refractivity contribution in [3.8, 4) is 0 Å². The lowest BCUT2D eigenvalue weighted by Gasteiger charge is -2.17. The van der Waals surface area contributed by atoms with Gasteiger partial charge < -0.3 is 4.84 Å². The summed E-state index contributed by atoms with van der Waals surface area (Å²) in [7, 11) is 0. The summed E-state index contributed by atoms with van der Waals surface area (Å²) in [6, 6.07) is 21.1. The maximum absolute atomic E-state index is 5.66. The van der Waals surface area contributed by atoms with E-state index in [2.05, 4.69) is 66.7 Å². The number of hydrogen-bond acceptors (Lipinski definition) is 2. The fourth-order valence-electron chi connectivity index (χ4n) is 2.81. The summed E-state index contributed by atoms with van der Waals surface area (Å²) in [5.74, 6) is 0.476. The first-order valence-electron chi connectivity index (χ1n) is 7.60. The lowest BCUT2D eigenvalue weighted by molar-refractivity contribution is 0.0463. The number of nitrogens with zero attached hydrogens (tertiary/aromatic N) is 1. The summed E-state index contributed by atoms with van der Waals surface area (Å²) >= 11 is 0. The van der Waals surface area contributed by atoms with E-state index in [0.717, 1.165) is 25.0 Å². The summed E-state index contributed by atoms with van der Waals surface area (Å²) in [5, 5.41) is 4.29. The Kier molecular flexibility index (Phi) is 4.34. The molecule has 0 spiro atoms. The van der Waals surface area contributed by atoms with Gasteiger partial charge in [0.2, 0.25) is 0 Å². The Labute approximate surface area is 126 Å². The van der Waals surface area contributed by atoms with E-state index < -0.39 is 0 Å². The first-order chi connectivity index (χ1) is 10.3. The van der Waals surface area contributed by atoms with Crippen molar-refractivity contribution in [1.29, 1.82) is 0 Å². The molecule has 1 aliphatic rings. The van der Waals surface area contributed by atoms with Crippen molar-refractivity contribution in [2.24, 2.45) is 11.1 Å². The van der Waals surface area contributed by atoms with Crippen LogP contribution in [-0.4, -0.2) is 11.8 Å². The summed E-state index contributed by atoms with van der Waals surface area (Å²) in [4.78, 5) is 5.66. The maximum atomic E-state index is 5.66. The van der Waals surface area contributed by atoms with Gasteiger partial charge in [-0.15, -0.1) is 0 Å². The Morgan fingerprint density at radius 3 is 2.29 bits per heavy atom. The molecule has 0 saturated heterocycles. The molecule has 1 unspecified atom stereocenters. The van der Waals surface area contributed by atoms with Crippen LogP contribution in [0.15, 0.2) is 65.8 Å². The molecule has 2 nitrogen and oxygen atoms in total. The minimum atomic E-state index is 0.212. The van der Waals surface area contributed by atoms with Crippen molar-refractivity contribution in [3.05, 3.63) is 71.8 Å². The summed E-state index contributed by atoms with van der Waals surface area (Å²) in [6.45, 7) is 2.25. The van der Waals surface area contributed by atoms with Gasteiger partial charge >= 0.3 is 0 Å². The number of rotatable bonds is 5. The van der Waals surface area contributed by atoms with Crippen LogP contribution in [0, 0.1) is 5.92 Å². The first kappa shape index (κ1) is 13.9. The van der Waals surface area contributed by atoms with Gasteiger partial charge in [0, 0.05) is 18.8 Å². The van der Waals surface area contributed by atoms with Gasteiger partial charge in [-0.1, -0.05) is 72.7 Å². The molecule has 0 bridgehead atoms. The highest BCUT2D eigenvalue weighted by Gasteiger charge is 2.26. The van der Waals surface area contributed by atoms with Crippen LogP contribution in [0.4, 0.5) is 0 Å². The van der Waals surface area contributed by atoms with Crippen LogP contribution in [0.1, 0.15) is 24.5 Å². The lowest BCUT2D eigenvalue weighted by atomic mass is 9.92. The fraction of sp³-hybridized carbons (Fsp3) is 0.316. The molecule has 1 heterocycles. The molecule has 21 heavy (non-hydrogen) atoms. The Morgan fingerprint density at radius 1 is 1.00 bits per heavy atom. The molecule has 108 valence electrons. The number of oxime groups is 1. The average Bonchev–Trinajstić information content (AvgIpc) is 2.98. The van der Waals surface area contributed by atoms with E-state index in [1.165, 1.54) is 11.1 Å². The molecule has 2 aromatic rings. The number of hydrogen-bond donors (Lipinski definition) is 0. The minimum Gasteiger partial charge on any atom is -0.392 e. The van der Waals surface area contributed by atoms with Crippen LogP contribution in [0.3, 0.4) is 0 Å². The van der Waals surface area contributed by atoms with E-state index in [9.17, 15) is 0 Å². The first-order valence-corrected chi connectivity index (χ1v) is 7.60. The molecular formula is C19H21NO. The third-order valence-electron chi connectivity index (χ3n) is 4.04. The SMILES string of the molecule is C[C@H](Cc1ccccc1)C1CC(Cc2ccccc2)=NO1. The molecule has 2 atom stereocenters. The molecular weight excluding hydrogens is 258 g/mol. The van der Waals surface area contributed by atoms with E-state index in [-0.39, 0.29) is 6.10 Å². The monoisotopic (exact) mass is 279 g/mol. The summed E-state index contributed by atoms with van der Waals surface area (Å²) in [5.41, 5.74) is 3.83. The lowest BCUT2D eigenvalue weighted by Crippen LogP contribution is -2.20. The van der Waals surface area contributed by atoms with Crippen LogP contribution in [-0.2, 0) is 17.7 Å². The van der Waals surface area contributed by atoms with E-state index in [1.54, 1.807) is 0 Å². The molecule has 0 radical (unpaired) electrons. The Bertz CT molecular complexity index is 591. The van der Waals surface area contributed by atoms with Gasteiger partial charge in [0.15, 0.2) is 0 Å². The predicted octanol–water partition coefficient (Wildman–Crippen LogP) is 4.25. The zero-order valence-electron chi connectivity index (χ0n) is 12.4. The molecule has 0 saturated carbocycles. The maximum Gasteiger partial charge on any atom is 0.135 e. The standard InChI is InChI=1S/C19H21NO/c1-15(12-16-8-4-2-5-9-16)19-14-18(20-21-19)13-17-10-6-3-7-11-17/h2-11,15,19H,12-14H2,1H3/t15-,19?/m1/s1. The van der Waals surface area contributed by atoms with Crippen LogP contribution in [0.25, 0.3) is 0 Å². The fourth-order valence-corrected chi connectivity index (χ4v) is 2.81. The third kappa shape index (κ3) is 3.72. The Morgan fingerprint density at radius 2 is 1.62 bits per heavy atom. The van der Waals surface area contributed by atoms with Gasteiger partial charge in [0.05, 0.1) is 5.71 Å². The second-order valence-corrected chi connectivity index (χ2v) is 5.83. The molecule has 0 N–H and O–H groups in total. The highest BCUT2D eigenvalue weighted by atomic mass is 16.6. The van der Waals surface area contributed by atoms with Gasteiger partial charge in [0.25, 0.3) is 0 Å². The van der Waals surface area contributed by atoms with Crippen molar-refractivity contribution in [1.82, 2.24) is 0 Å². The van der Waals surface area contributed by atoms with Gasteiger partial charge in [-0.05, 0) is 17.5 Å². The van der Waals surface area contributed by atoms with Crippen LogP contribution >= 0.6 is 0 Å². The third-order valence-corrected chi connectivity index (χ3v) is 4.04. The average molecular weight is 279 g/mol. The molecule has 1 aliphatic heterocycles. The van der Waals surface area contributed by atoms with Gasteiger partial charge in [-0.3, -0.25) is 0 Å². The highest BCUT2D eigenvalue weighted by molar-refractivity contribution is 5.87. The second-order valence-electron chi connectivity index (χ2n) is 5.83. The van der Waals surface area contributed by atoms with Crippen molar-refractivity contribution < 1.29 is 4.84 Å². The van der Waals surface area contributed by atoms with Crippen molar-refractivity contribution in [3.63, 3.8) is 0 Å². The quantitative estimate of drug-likeness (QED) is 0.801. The van der Waals surface area contributed by atoms with E-state index in [4.69, 9.17) is 4.84 Å². The molecule has 0 fully saturated rings. The van der Waals surface area contributed by atoms with E-state index in [1.807, 2.05) is 6.07 Å². The molecule has 2 aromatic carbocycles. The topological polar surface area (TPSA) is 21.6 Å². The Hall–Kier alpha value is -2.09. The normalized spacial score (nSPS) is 18.9. The zero-order chi connectivity index (χ0) is 14.5.